The lowest BCUT2D eigenvalue weighted by Gasteiger charge is -2.05. The van der Waals surface area contributed by atoms with Crippen molar-refractivity contribution in [2.24, 2.45) is 5.73 Å². The molecule has 0 aliphatic rings. The fourth-order valence-corrected chi connectivity index (χ4v) is 1.21. The maximum atomic E-state index is 11.5. The van der Waals surface area contributed by atoms with E-state index in [2.05, 4.69) is 5.32 Å². The average Bonchev–Trinajstić information content (AvgIpc) is 2.29. The van der Waals surface area contributed by atoms with Crippen LogP contribution in [0, 0.1) is 0 Å². The van der Waals surface area contributed by atoms with Crippen LogP contribution in [0.4, 0.5) is 0 Å². The van der Waals surface area contributed by atoms with E-state index in [0.29, 0.717) is 24.1 Å². The zero-order chi connectivity index (χ0) is 12.0. The fourth-order valence-electron chi connectivity index (χ4n) is 1.21. The SMILES string of the molecule is NCCCNC(=O)c1ccc(B(O)O)cc1. The van der Waals surface area contributed by atoms with E-state index in [1.54, 1.807) is 12.1 Å². The van der Waals surface area contributed by atoms with E-state index in [9.17, 15) is 4.79 Å². The third-order valence-electron chi connectivity index (χ3n) is 2.14. The Morgan fingerprint density at radius 2 is 1.94 bits per heavy atom. The van der Waals surface area contributed by atoms with Crippen LogP contribution in [0.2, 0.25) is 0 Å². The van der Waals surface area contributed by atoms with Crippen molar-refractivity contribution in [1.82, 2.24) is 5.32 Å². The Hall–Kier alpha value is -1.37. The normalized spacial score (nSPS) is 9.94. The Morgan fingerprint density at radius 1 is 1.31 bits per heavy atom. The maximum Gasteiger partial charge on any atom is 0.488 e. The molecule has 0 saturated heterocycles. The molecular weight excluding hydrogens is 207 g/mol. The summed E-state index contributed by atoms with van der Waals surface area (Å²) < 4.78 is 0. The maximum absolute atomic E-state index is 11.5. The third kappa shape index (κ3) is 3.65. The molecule has 0 aliphatic heterocycles. The van der Waals surface area contributed by atoms with Crippen LogP contribution in [0.3, 0.4) is 0 Å². The Morgan fingerprint density at radius 3 is 2.44 bits per heavy atom. The molecule has 1 amide bonds. The Kier molecular flexibility index (Phi) is 4.98. The number of nitrogens with one attached hydrogen (secondary N) is 1. The van der Waals surface area contributed by atoms with Gasteiger partial charge in [-0.15, -0.1) is 0 Å². The van der Waals surface area contributed by atoms with Gasteiger partial charge in [0.25, 0.3) is 5.91 Å². The molecule has 0 saturated carbocycles. The average molecular weight is 222 g/mol. The Bertz CT molecular complexity index is 340. The van der Waals surface area contributed by atoms with Crippen molar-refractivity contribution in [2.75, 3.05) is 13.1 Å². The van der Waals surface area contributed by atoms with Crippen molar-refractivity contribution >= 4 is 18.5 Å². The molecular formula is C10H15BN2O3. The Balaban J connectivity index is 2.56. The van der Waals surface area contributed by atoms with Gasteiger partial charge >= 0.3 is 7.12 Å². The first-order valence-electron chi connectivity index (χ1n) is 5.09. The predicted molar refractivity (Wildman–Crippen MR) is 62.3 cm³/mol. The number of rotatable bonds is 5. The lowest BCUT2D eigenvalue weighted by atomic mass is 9.80. The molecule has 0 aromatic heterocycles. The first-order chi connectivity index (χ1) is 7.65. The minimum absolute atomic E-state index is 0.188. The van der Waals surface area contributed by atoms with Gasteiger partial charge in [-0.2, -0.15) is 0 Å². The Labute approximate surface area is 94.4 Å². The van der Waals surface area contributed by atoms with Crippen molar-refractivity contribution < 1.29 is 14.8 Å². The molecule has 5 N–H and O–H groups in total. The number of amides is 1. The van der Waals surface area contributed by atoms with Gasteiger partial charge in [-0.05, 0) is 30.6 Å². The van der Waals surface area contributed by atoms with Gasteiger partial charge in [-0.25, -0.2) is 0 Å². The van der Waals surface area contributed by atoms with Gasteiger partial charge < -0.3 is 21.1 Å². The lowest BCUT2D eigenvalue weighted by molar-refractivity contribution is 0.0953. The predicted octanol–water partition coefficient (Wildman–Crippen LogP) is -1.55. The van der Waals surface area contributed by atoms with Crippen LogP contribution in [0.25, 0.3) is 0 Å². The van der Waals surface area contributed by atoms with Crippen molar-refractivity contribution in [3.63, 3.8) is 0 Å². The van der Waals surface area contributed by atoms with Gasteiger partial charge in [-0.1, -0.05) is 12.1 Å². The molecule has 16 heavy (non-hydrogen) atoms. The molecule has 0 heterocycles. The first-order valence-corrected chi connectivity index (χ1v) is 5.09. The van der Waals surface area contributed by atoms with Crippen LogP contribution in [0.5, 0.6) is 0 Å². The summed E-state index contributed by atoms with van der Waals surface area (Å²) in [5, 5.41) is 20.4. The smallest absolute Gasteiger partial charge is 0.423 e. The summed E-state index contributed by atoms with van der Waals surface area (Å²) in [7, 11) is -1.51. The van der Waals surface area contributed by atoms with E-state index in [4.69, 9.17) is 15.8 Å². The van der Waals surface area contributed by atoms with Crippen molar-refractivity contribution in [3.05, 3.63) is 29.8 Å². The van der Waals surface area contributed by atoms with E-state index in [0.717, 1.165) is 6.42 Å². The number of hydrogen-bond donors (Lipinski definition) is 4. The van der Waals surface area contributed by atoms with E-state index in [1.165, 1.54) is 12.1 Å². The molecule has 86 valence electrons. The molecule has 5 nitrogen and oxygen atoms in total. The highest BCUT2D eigenvalue weighted by molar-refractivity contribution is 6.58. The van der Waals surface area contributed by atoms with Crippen LogP contribution in [-0.4, -0.2) is 36.2 Å². The van der Waals surface area contributed by atoms with E-state index in [1.807, 2.05) is 0 Å². The number of nitrogens with two attached hydrogens (primary N) is 1. The van der Waals surface area contributed by atoms with E-state index >= 15 is 0 Å². The van der Waals surface area contributed by atoms with Crippen LogP contribution in [0.1, 0.15) is 16.8 Å². The van der Waals surface area contributed by atoms with Gasteiger partial charge in [0.2, 0.25) is 0 Å². The topological polar surface area (TPSA) is 95.6 Å². The summed E-state index contributed by atoms with van der Waals surface area (Å²) in [6.45, 7) is 1.08. The zero-order valence-electron chi connectivity index (χ0n) is 8.89. The summed E-state index contributed by atoms with van der Waals surface area (Å²) in [6, 6.07) is 6.10. The van der Waals surface area contributed by atoms with Gasteiger partial charge in [0.05, 0.1) is 0 Å². The molecule has 1 aromatic carbocycles. The van der Waals surface area contributed by atoms with Gasteiger partial charge in [0.15, 0.2) is 0 Å². The van der Waals surface area contributed by atoms with E-state index in [-0.39, 0.29) is 5.91 Å². The number of hydrogen-bond acceptors (Lipinski definition) is 4. The van der Waals surface area contributed by atoms with Crippen LogP contribution in [0.15, 0.2) is 24.3 Å². The molecule has 0 spiro atoms. The van der Waals surface area contributed by atoms with Crippen LogP contribution < -0.4 is 16.5 Å². The second-order valence-corrected chi connectivity index (χ2v) is 3.39. The van der Waals surface area contributed by atoms with Crippen LogP contribution in [-0.2, 0) is 0 Å². The van der Waals surface area contributed by atoms with Crippen LogP contribution >= 0.6 is 0 Å². The molecule has 0 aliphatic carbocycles. The van der Waals surface area contributed by atoms with Gasteiger partial charge in [-0.3, -0.25) is 4.79 Å². The largest absolute Gasteiger partial charge is 0.488 e. The van der Waals surface area contributed by atoms with E-state index < -0.39 is 7.12 Å². The van der Waals surface area contributed by atoms with Gasteiger partial charge in [0.1, 0.15) is 0 Å². The summed E-state index contributed by atoms with van der Waals surface area (Å²) in [5.41, 5.74) is 6.15. The summed E-state index contributed by atoms with van der Waals surface area (Å²) in [4.78, 5) is 11.5. The number of carbonyl (C=O) groups is 1. The van der Waals surface area contributed by atoms with Gasteiger partial charge in [0, 0.05) is 12.1 Å². The first kappa shape index (κ1) is 12.7. The van der Waals surface area contributed by atoms with Crippen molar-refractivity contribution in [3.8, 4) is 0 Å². The molecule has 0 radical (unpaired) electrons. The summed E-state index contributed by atoms with van der Waals surface area (Å²) in [5.74, 6) is -0.188. The standard InChI is InChI=1S/C10H15BN2O3/c12-6-1-7-13-10(14)8-2-4-9(5-3-8)11(15)16/h2-5,15-16H,1,6-7,12H2,(H,13,14). The quantitative estimate of drug-likeness (QED) is 0.358. The molecule has 0 atom stereocenters. The summed E-state index contributed by atoms with van der Waals surface area (Å²) >= 11 is 0. The molecule has 0 unspecified atom stereocenters. The molecule has 1 aromatic rings. The minimum atomic E-state index is -1.51. The van der Waals surface area contributed by atoms with Crippen molar-refractivity contribution in [1.29, 1.82) is 0 Å². The zero-order valence-corrected chi connectivity index (χ0v) is 8.89. The molecule has 1 rings (SSSR count). The number of carbonyl (C=O) groups excluding carboxylic acids is 1. The lowest BCUT2D eigenvalue weighted by Crippen LogP contribution is -2.30. The van der Waals surface area contributed by atoms with Crippen molar-refractivity contribution in [2.45, 2.75) is 6.42 Å². The highest BCUT2D eigenvalue weighted by Crippen LogP contribution is 1.97. The molecule has 6 heteroatoms. The monoisotopic (exact) mass is 222 g/mol. The number of benzene rings is 1. The highest BCUT2D eigenvalue weighted by Gasteiger charge is 2.11. The molecule has 0 bridgehead atoms. The second-order valence-electron chi connectivity index (χ2n) is 3.39. The molecule has 0 fully saturated rings. The second kappa shape index (κ2) is 6.27. The highest BCUT2D eigenvalue weighted by atomic mass is 16.4. The third-order valence-corrected chi connectivity index (χ3v) is 2.14. The minimum Gasteiger partial charge on any atom is -0.423 e. The fraction of sp³-hybridized carbons (Fsp3) is 0.300. The summed E-state index contributed by atoms with van der Waals surface area (Å²) in [6.07, 6.45) is 0.735.